The monoisotopic (exact) mass is 105 g/mol. The van der Waals surface area contributed by atoms with Crippen molar-refractivity contribution in [2.24, 2.45) is 0 Å². The van der Waals surface area contributed by atoms with Gasteiger partial charge in [0.25, 0.3) is 0 Å². The zero-order valence-corrected chi connectivity index (χ0v) is 4.57. The molecular formula is C4H8ClN. The quantitative estimate of drug-likeness (QED) is 0.407. The van der Waals surface area contributed by atoms with Crippen molar-refractivity contribution in [1.29, 1.82) is 0 Å². The predicted octanol–water partition coefficient (Wildman–Crippen LogP) is 0.539. The molecular weight excluding hydrogens is 97.5 g/mol. The second-order valence-corrected chi connectivity index (χ2v) is 2.44. The molecule has 36 valence electrons. The molecule has 1 aliphatic heterocycles. The van der Waals surface area contributed by atoms with E-state index >= 15 is 0 Å². The summed E-state index contributed by atoms with van der Waals surface area (Å²) in [6.45, 7) is 2.14. The summed E-state index contributed by atoms with van der Waals surface area (Å²) in [4.78, 5) is 2.19. The number of likely N-dealkylation sites (tertiary alicyclic amines) is 1. The van der Waals surface area contributed by atoms with Crippen LogP contribution < -0.4 is 0 Å². The molecule has 0 aliphatic carbocycles. The van der Waals surface area contributed by atoms with E-state index in [1.807, 2.05) is 0 Å². The molecule has 0 amide bonds. The zero-order valence-electron chi connectivity index (χ0n) is 3.82. The van der Waals surface area contributed by atoms with Crippen molar-refractivity contribution in [2.45, 2.75) is 5.38 Å². The third-order valence-corrected chi connectivity index (χ3v) is 1.30. The average molecular weight is 106 g/mol. The van der Waals surface area contributed by atoms with Crippen molar-refractivity contribution >= 4 is 11.6 Å². The van der Waals surface area contributed by atoms with E-state index in [1.54, 1.807) is 0 Å². The second-order valence-electron chi connectivity index (χ2n) is 1.82. The Morgan fingerprint density at radius 1 is 1.67 bits per heavy atom. The van der Waals surface area contributed by atoms with Crippen LogP contribution >= 0.6 is 11.6 Å². The molecule has 1 nitrogen and oxygen atoms in total. The maximum Gasteiger partial charge on any atom is 0.0589 e. The van der Waals surface area contributed by atoms with Gasteiger partial charge in [-0.15, -0.1) is 11.6 Å². The first kappa shape index (κ1) is 4.41. The summed E-state index contributed by atoms with van der Waals surface area (Å²) in [6, 6.07) is 0. The highest BCUT2D eigenvalue weighted by molar-refractivity contribution is 6.21. The van der Waals surface area contributed by atoms with Crippen LogP contribution in [0.2, 0.25) is 0 Å². The Kier molecular flexibility index (Phi) is 1.02. The lowest BCUT2D eigenvalue weighted by molar-refractivity contribution is 0.235. The maximum absolute atomic E-state index is 5.60. The first-order valence-corrected chi connectivity index (χ1v) is 2.55. The van der Waals surface area contributed by atoms with Crippen LogP contribution in [0.25, 0.3) is 0 Å². The van der Waals surface area contributed by atoms with E-state index in [2.05, 4.69) is 11.9 Å². The van der Waals surface area contributed by atoms with Gasteiger partial charge < -0.3 is 4.90 Å². The molecule has 6 heavy (non-hydrogen) atoms. The van der Waals surface area contributed by atoms with E-state index in [9.17, 15) is 0 Å². The van der Waals surface area contributed by atoms with Crippen molar-refractivity contribution in [1.82, 2.24) is 4.90 Å². The standard InChI is InChI=1S/C4H8ClN/c1-6-2-4(5)3-6/h4H,2-3H2,1H3. The summed E-state index contributed by atoms with van der Waals surface area (Å²) in [7, 11) is 2.07. The minimum absolute atomic E-state index is 0.440. The summed E-state index contributed by atoms with van der Waals surface area (Å²) in [6.07, 6.45) is 0. The lowest BCUT2D eigenvalue weighted by Crippen LogP contribution is -2.44. The SMILES string of the molecule is CN1CC(Cl)C1. The number of alkyl halides is 1. The first-order valence-electron chi connectivity index (χ1n) is 2.11. The van der Waals surface area contributed by atoms with Crippen molar-refractivity contribution in [3.63, 3.8) is 0 Å². The van der Waals surface area contributed by atoms with Crippen LogP contribution in [0.5, 0.6) is 0 Å². The normalized spacial score (nSPS) is 27.0. The van der Waals surface area contributed by atoms with Gasteiger partial charge >= 0.3 is 0 Å². The Hall–Kier alpha value is 0.250. The van der Waals surface area contributed by atoms with Crippen molar-refractivity contribution in [3.8, 4) is 0 Å². The Morgan fingerprint density at radius 2 is 2.17 bits per heavy atom. The van der Waals surface area contributed by atoms with Crippen LogP contribution in [0.4, 0.5) is 0 Å². The minimum atomic E-state index is 0.440. The third-order valence-electron chi connectivity index (χ3n) is 1.02. The van der Waals surface area contributed by atoms with Gasteiger partial charge in [-0.2, -0.15) is 0 Å². The summed E-state index contributed by atoms with van der Waals surface area (Å²) in [5.74, 6) is 0. The van der Waals surface area contributed by atoms with Crippen molar-refractivity contribution in [2.75, 3.05) is 20.1 Å². The summed E-state index contributed by atoms with van der Waals surface area (Å²) < 4.78 is 0. The summed E-state index contributed by atoms with van der Waals surface area (Å²) >= 11 is 5.60. The maximum atomic E-state index is 5.60. The van der Waals surface area contributed by atoms with Crippen LogP contribution in [0.3, 0.4) is 0 Å². The molecule has 0 aromatic rings. The molecule has 1 aliphatic rings. The Morgan fingerprint density at radius 3 is 2.17 bits per heavy atom. The van der Waals surface area contributed by atoms with E-state index in [4.69, 9.17) is 11.6 Å². The molecule has 0 aromatic carbocycles. The fraction of sp³-hybridized carbons (Fsp3) is 1.00. The number of hydrogen-bond donors (Lipinski definition) is 0. The van der Waals surface area contributed by atoms with Crippen LogP contribution in [0.15, 0.2) is 0 Å². The molecule has 0 atom stereocenters. The molecule has 2 heteroatoms. The highest BCUT2D eigenvalue weighted by Crippen LogP contribution is 2.09. The van der Waals surface area contributed by atoms with E-state index in [-0.39, 0.29) is 0 Å². The zero-order chi connectivity index (χ0) is 4.57. The molecule has 0 N–H and O–H groups in total. The minimum Gasteiger partial charge on any atom is -0.303 e. The number of nitrogens with zero attached hydrogens (tertiary/aromatic N) is 1. The van der Waals surface area contributed by atoms with Crippen LogP contribution in [0, 0.1) is 0 Å². The van der Waals surface area contributed by atoms with Gasteiger partial charge in [-0.1, -0.05) is 0 Å². The molecule has 0 saturated carbocycles. The topological polar surface area (TPSA) is 3.24 Å². The molecule has 1 heterocycles. The molecule has 0 spiro atoms. The molecule has 0 unspecified atom stereocenters. The Balaban J connectivity index is 2.11. The van der Waals surface area contributed by atoms with Gasteiger partial charge in [-0.05, 0) is 7.05 Å². The molecule has 0 radical (unpaired) electrons. The third kappa shape index (κ3) is 0.660. The number of halogens is 1. The number of hydrogen-bond acceptors (Lipinski definition) is 1. The van der Waals surface area contributed by atoms with Crippen LogP contribution in [0.1, 0.15) is 0 Å². The van der Waals surface area contributed by atoms with E-state index in [1.165, 1.54) is 0 Å². The number of rotatable bonds is 0. The Bertz CT molecular complexity index is 43.5. The predicted molar refractivity (Wildman–Crippen MR) is 27.1 cm³/mol. The lowest BCUT2D eigenvalue weighted by atomic mass is 10.2. The van der Waals surface area contributed by atoms with E-state index in [0.717, 1.165) is 13.1 Å². The van der Waals surface area contributed by atoms with Crippen molar-refractivity contribution in [3.05, 3.63) is 0 Å². The lowest BCUT2D eigenvalue weighted by Gasteiger charge is -2.31. The fourth-order valence-electron chi connectivity index (χ4n) is 0.623. The van der Waals surface area contributed by atoms with Gasteiger partial charge in [-0.3, -0.25) is 0 Å². The van der Waals surface area contributed by atoms with Crippen molar-refractivity contribution < 1.29 is 0 Å². The van der Waals surface area contributed by atoms with E-state index in [0.29, 0.717) is 5.38 Å². The first-order chi connectivity index (χ1) is 2.79. The van der Waals surface area contributed by atoms with Crippen LogP contribution in [-0.2, 0) is 0 Å². The molecule has 0 aromatic heterocycles. The van der Waals surface area contributed by atoms with Gasteiger partial charge in [0.05, 0.1) is 5.38 Å². The smallest absolute Gasteiger partial charge is 0.0589 e. The molecule has 0 bridgehead atoms. The second kappa shape index (κ2) is 1.39. The van der Waals surface area contributed by atoms with Gasteiger partial charge in [0.15, 0.2) is 0 Å². The summed E-state index contributed by atoms with van der Waals surface area (Å²) in [5.41, 5.74) is 0. The summed E-state index contributed by atoms with van der Waals surface area (Å²) in [5, 5.41) is 0.440. The van der Waals surface area contributed by atoms with Gasteiger partial charge in [0.1, 0.15) is 0 Å². The van der Waals surface area contributed by atoms with Crippen LogP contribution in [-0.4, -0.2) is 30.4 Å². The molecule has 1 saturated heterocycles. The fourth-order valence-corrected chi connectivity index (χ4v) is 1.09. The van der Waals surface area contributed by atoms with E-state index < -0.39 is 0 Å². The van der Waals surface area contributed by atoms with Gasteiger partial charge in [0, 0.05) is 13.1 Å². The highest BCUT2D eigenvalue weighted by atomic mass is 35.5. The average Bonchev–Trinajstić information content (AvgIpc) is 1.33. The molecule has 1 fully saturated rings. The van der Waals surface area contributed by atoms with Gasteiger partial charge in [0.2, 0.25) is 0 Å². The molecule has 1 rings (SSSR count). The van der Waals surface area contributed by atoms with Gasteiger partial charge in [-0.25, -0.2) is 0 Å². The largest absolute Gasteiger partial charge is 0.303 e. The highest BCUT2D eigenvalue weighted by Gasteiger charge is 2.19. The Labute approximate surface area is 42.9 Å².